The second-order valence-corrected chi connectivity index (χ2v) is 6.28. The average Bonchev–Trinajstić information content (AvgIpc) is 3.06. The zero-order chi connectivity index (χ0) is 9.97. The first kappa shape index (κ1) is 11.2. The van der Waals surface area contributed by atoms with E-state index in [1.165, 1.54) is 23.7 Å². The van der Waals surface area contributed by atoms with Gasteiger partial charge in [-0.3, -0.25) is 0 Å². The van der Waals surface area contributed by atoms with Gasteiger partial charge >= 0.3 is 0 Å². The van der Waals surface area contributed by atoms with Crippen LogP contribution in [0.3, 0.4) is 0 Å². The molecular formula is C13H23I. The van der Waals surface area contributed by atoms with E-state index in [0.717, 1.165) is 23.7 Å². The molecule has 14 heavy (non-hydrogen) atoms. The van der Waals surface area contributed by atoms with Gasteiger partial charge in [-0.25, -0.2) is 0 Å². The summed E-state index contributed by atoms with van der Waals surface area (Å²) in [5.74, 6) is 4.57. The highest BCUT2D eigenvalue weighted by Crippen LogP contribution is 2.53. The fourth-order valence-corrected chi connectivity index (χ4v) is 3.86. The lowest BCUT2D eigenvalue weighted by Gasteiger charge is -1.99. The van der Waals surface area contributed by atoms with Crippen molar-refractivity contribution in [3.05, 3.63) is 0 Å². The topological polar surface area (TPSA) is 0 Å². The summed E-state index contributed by atoms with van der Waals surface area (Å²) in [5, 5.41) is 0. The summed E-state index contributed by atoms with van der Waals surface area (Å²) in [7, 11) is 0. The molecule has 2 rings (SSSR count). The van der Waals surface area contributed by atoms with Crippen molar-refractivity contribution in [2.24, 2.45) is 23.7 Å². The molecule has 0 saturated heterocycles. The number of hydrogen-bond donors (Lipinski definition) is 0. The summed E-state index contributed by atoms with van der Waals surface area (Å²) >= 11 is 2.56. The smallest absolute Gasteiger partial charge is 0.00264 e. The van der Waals surface area contributed by atoms with Crippen LogP contribution in [0.4, 0.5) is 0 Å². The molecule has 0 bridgehead atoms. The molecule has 0 heterocycles. The van der Waals surface area contributed by atoms with Crippen LogP contribution in [0.5, 0.6) is 0 Å². The number of rotatable bonds is 7. The number of alkyl halides is 1. The minimum atomic E-state index is 1.12. The maximum atomic E-state index is 2.56. The van der Waals surface area contributed by atoms with Gasteiger partial charge in [0.2, 0.25) is 0 Å². The Morgan fingerprint density at radius 1 is 1.00 bits per heavy atom. The third kappa shape index (κ3) is 3.11. The maximum absolute atomic E-state index is 2.56. The zero-order valence-corrected chi connectivity index (χ0v) is 11.5. The standard InChI is InChI=1S/C13H23I/c1-2-3-4-5-10-6-11(10)7-12-8-13(12)9-14/h10-13H,2-9H2,1H3/t10-,11?,12-,13?/m0/s1. The molecule has 2 unspecified atom stereocenters. The first-order chi connectivity index (χ1) is 6.85. The van der Waals surface area contributed by atoms with Gasteiger partial charge in [0, 0.05) is 4.43 Å². The van der Waals surface area contributed by atoms with E-state index < -0.39 is 0 Å². The normalized spacial score (nSPS) is 39.9. The highest BCUT2D eigenvalue weighted by Gasteiger charge is 2.44. The minimum Gasteiger partial charge on any atom is -0.0861 e. The Morgan fingerprint density at radius 3 is 2.36 bits per heavy atom. The summed E-state index contributed by atoms with van der Waals surface area (Å²) in [6.07, 6.45) is 10.6. The lowest BCUT2D eigenvalue weighted by Crippen LogP contribution is -1.89. The molecule has 0 aromatic rings. The first-order valence-electron chi connectivity index (χ1n) is 6.41. The lowest BCUT2D eigenvalue weighted by molar-refractivity contribution is 0.533. The molecule has 2 fully saturated rings. The summed E-state index contributed by atoms with van der Waals surface area (Å²) in [4.78, 5) is 0. The van der Waals surface area contributed by atoms with Gasteiger partial charge in [0.15, 0.2) is 0 Å². The first-order valence-corrected chi connectivity index (χ1v) is 7.93. The summed E-state index contributed by atoms with van der Waals surface area (Å²) in [6, 6.07) is 0. The van der Waals surface area contributed by atoms with Crippen LogP contribution in [0, 0.1) is 23.7 Å². The predicted octanol–water partition coefficient (Wildman–Crippen LogP) is 4.66. The van der Waals surface area contributed by atoms with Gasteiger partial charge in [-0.05, 0) is 42.9 Å². The molecule has 2 aliphatic carbocycles. The van der Waals surface area contributed by atoms with Crippen LogP contribution in [-0.2, 0) is 0 Å². The van der Waals surface area contributed by atoms with Crippen molar-refractivity contribution in [3.8, 4) is 0 Å². The van der Waals surface area contributed by atoms with Crippen LogP contribution in [-0.4, -0.2) is 4.43 Å². The van der Waals surface area contributed by atoms with E-state index in [1.807, 2.05) is 0 Å². The molecule has 2 saturated carbocycles. The van der Waals surface area contributed by atoms with Crippen molar-refractivity contribution >= 4 is 22.6 Å². The molecule has 0 amide bonds. The van der Waals surface area contributed by atoms with Crippen molar-refractivity contribution in [1.82, 2.24) is 0 Å². The number of halogens is 1. The van der Waals surface area contributed by atoms with Crippen LogP contribution in [0.1, 0.15) is 51.9 Å². The van der Waals surface area contributed by atoms with E-state index in [1.54, 1.807) is 25.7 Å². The largest absolute Gasteiger partial charge is 0.0861 e. The molecule has 1 heteroatoms. The van der Waals surface area contributed by atoms with Crippen LogP contribution in [0.25, 0.3) is 0 Å². The molecule has 0 aliphatic heterocycles. The van der Waals surface area contributed by atoms with E-state index in [-0.39, 0.29) is 0 Å². The van der Waals surface area contributed by atoms with Crippen LogP contribution in [0.2, 0.25) is 0 Å². The average molecular weight is 306 g/mol. The highest BCUT2D eigenvalue weighted by atomic mass is 127. The van der Waals surface area contributed by atoms with Gasteiger partial charge in [0.05, 0.1) is 0 Å². The molecule has 0 aromatic heterocycles. The highest BCUT2D eigenvalue weighted by molar-refractivity contribution is 14.1. The number of hydrogen-bond acceptors (Lipinski definition) is 0. The monoisotopic (exact) mass is 306 g/mol. The predicted molar refractivity (Wildman–Crippen MR) is 70.8 cm³/mol. The fourth-order valence-electron chi connectivity index (χ4n) is 2.79. The Labute approximate surface area is 102 Å². The Balaban J connectivity index is 1.50. The lowest BCUT2D eigenvalue weighted by atomic mass is 10.1. The van der Waals surface area contributed by atoms with Gasteiger partial charge in [-0.2, -0.15) is 0 Å². The second kappa shape index (κ2) is 5.18. The van der Waals surface area contributed by atoms with Crippen molar-refractivity contribution in [2.75, 3.05) is 4.43 Å². The molecule has 0 aromatic carbocycles. The van der Waals surface area contributed by atoms with E-state index in [0.29, 0.717) is 0 Å². The van der Waals surface area contributed by atoms with E-state index in [9.17, 15) is 0 Å². The Kier molecular flexibility index (Phi) is 4.15. The van der Waals surface area contributed by atoms with Crippen molar-refractivity contribution < 1.29 is 0 Å². The molecular weight excluding hydrogens is 283 g/mol. The van der Waals surface area contributed by atoms with E-state index in [2.05, 4.69) is 29.5 Å². The molecule has 0 nitrogen and oxygen atoms in total. The molecule has 0 N–H and O–H groups in total. The Bertz CT molecular complexity index is 178. The number of unbranched alkanes of at least 4 members (excludes halogenated alkanes) is 2. The summed E-state index contributed by atoms with van der Waals surface area (Å²) in [6.45, 7) is 2.31. The molecule has 0 spiro atoms. The maximum Gasteiger partial charge on any atom is 0.00264 e. The van der Waals surface area contributed by atoms with E-state index in [4.69, 9.17) is 0 Å². The molecule has 4 atom stereocenters. The third-order valence-corrected chi connectivity index (χ3v) is 5.25. The molecule has 82 valence electrons. The quantitative estimate of drug-likeness (QED) is 0.364. The van der Waals surface area contributed by atoms with Gasteiger partial charge in [-0.1, -0.05) is 55.2 Å². The van der Waals surface area contributed by atoms with Gasteiger partial charge in [0.25, 0.3) is 0 Å². The zero-order valence-electron chi connectivity index (χ0n) is 9.34. The third-order valence-electron chi connectivity index (χ3n) is 4.12. The summed E-state index contributed by atoms with van der Waals surface area (Å²) in [5.41, 5.74) is 0. The van der Waals surface area contributed by atoms with Crippen molar-refractivity contribution in [2.45, 2.75) is 51.9 Å². The van der Waals surface area contributed by atoms with Gasteiger partial charge in [0.1, 0.15) is 0 Å². The molecule has 0 radical (unpaired) electrons. The minimum absolute atomic E-state index is 1.12. The SMILES string of the molecule is CCCCC[C@H]1CC1C[C@H]1CC1CI. The van der Waals surface area contributed by atoms with Crippen LogP contribution >= 0.6 is 22.6 Å². The van der Waals surface area contributed by atoms with Gasteiger partial charge in [-0.15, -0.1) is 0 Å². The van der Waals surface area contributed by atoms with Crippen molar-refractivity contribution in [3.63, 3.8) is 0 Å². The van der Waals surface area contributed by atoms with Crippen molar-refractivity contribution in [1.29, 1.82) is 0 Å². The second-order valence-electron chi connectivity index (χ2n) is 5.40. The van der Waals surface area contributed by atoms with Crippen LogP contribution < -0.4 is 0 Å². The van der Waals surface area contributed by atoms with Crippen LogP contribution in [0.15, 0.2) is 0 Å². The Morgan fingerprint density at radius 2 is 1.71 bits per heavy atom. The fraction of sp³-hybridized carbons (Fsp3) is 1.00. The van der Waals surface area contributed by atoms with E-state index >= 15 is 0 Å². The summed E-state index contributed by atoms with van der Waals surface area (Å²) < 4.78 is 1.41. The molecule has 2 aliphatic rings. The van der Waals surface area contributed by atoms with Gasteiger partial charge < -0.3 is 0 Å². The Hall–Kier alpha value is 0.730.